The molecule has 3 nitrogen and oxygen atoms in total. The fourth-order valence-electron chi connectivity index (χ4n) is 0.894. The lowest BCUT2D eigenvalue weighted by molar-refractivity contribution is 0.442. The zero-order chi connectivity index (χ0) is 11.5. The summed E-state index contributed by atoms with van der Waals surface area (Å²) in [5.74, 6) is 0. The van der Waals surface area contributed by atoms with E-state index in [4.69, 9.17) is 23.2 Å². The normalized spacial score (nSPS) is 15.9. The minimum Gasteiger partial charge on any atom is -0.223 e. The number of rotatable bonds is 4. The Kier molecular flexibility index (Phi) is 4.28. The van der Waals surface area contributed by atoms with Crippen LogP contribution in [0.2, 0.25) is 0 Å². The van der Waals surface area contributed by atoms with Crippen molar-refractivity contribution < 1.29 is 8.69 Å². The van der Waals surface area contributed by atoms with Crippen LogP contribution in [0, 0.1) is 0 Å². The Bertz CT molecular complexity index is 424. The molecule has 1 aromatic carbocycles. The second kappa shape index (κ2) is 4.90. The predicted octanol–water partition coefficient (Wildman–Crippen LogP) is 1.91. The highest BCUT2D eigenvalue weighted by atomic mass is 35.5. The van der Waals surface area contributed by atoms with E-state index in [9.17, 15) is 8.69 Å². The van der Waals surface area contributed by atoms with Gasteiger partial charge >= 0.3 is 0 Å². The largest absolute Gasteiger partial charge is 0.223 e. The Morgan fingerprint density at radius 1 is 1.33 bits per heavy atom. The first-order valence-corrected chi connectivity index (χ1v) is 6.96. The van der Waals surface area contributed by atoms with Crippen LogP contribution >= 0.6 is 23.2 Å². The van der Waals surface area contributed by atoms with E-state index in [1.54, 1.807) is 30.3 Å². The molecule has 0 aromatic heterocycles. The molecule has 0 amide bonds. The number of nitrogens with one attached hydrogen (secondary N) is 2. The second-order valence-electron chi connectivity index (χ2n) is 2.62. The highest BCUT2D eigenvalue weighted by Gasteiger charge is 2.30. The molecular weight excluding hydrogens is 282 g/mol. The van der Waals surface area contributed by atoms with Gasteiger partial charge < -0.3 is 0 Å². The molecule has 0 aliphatic rings. The van der Waals surface area contributed by atoms with Gasteiger partial charge in [0.05, 0.1) is 0 Å². The molecule has 0 bridgehead atoms. The van der Waals surface area contributed by atoms with E-state index < -0.39 is 13.3 Å². The van der Waals surface area contributed by atoms with E-state index >= 15 is 0 Å². The number of hydrogen-bond acceptors (Lipinski definition) is 2. The molecule has 8 heteroatoms. The van der Waals surface area contributed by atoms with Crippen molar-refractivity contribution in [3.8, 4) is 0 Å². The van der Waals surface area contributed by atoms with E-state index in [1.807, 2.05) is 0 Å². The Balaban J connectivity index is 2.95. The summed E-state index contributed by atoms with van der Waals surface area (Å²) in [7, 11) is -3.52. The number of hydrogen-bond donors (Lipinski definition) is 2. The van der Waals surface area contributed by atoms with E-state index in [0.717, 1.165) is 4.94 Å². The predicted molar refractivity (Wildman–Crippen MR) is 62.7 cm³/mol. The molecule has 0 aliphatic heterocycles. The molecule has 0 heterocycles. The van der Waals surface area contributed by atoms with Gasteiger partial charge in [-0.1, -0.05) is 58.5 Å². The third-order valence-electron chi connectivity index (χ3n) is 1.50. The van der Waals surface area contributed by atoms with Crippen molar-refractivity contribution in [2.24, 2.45) is 0 Å². The topological polar surface area (TPSA) is 41.1 Å². The molecule has 0 aliphatic carbocycles. The molecule has 15 heavy (non-hydrogen) atoms. The lowest BCUT2D eigenvalue weighted by Crippen LogP contribution is -2.40. The zero-order valence-electron chi connectivity index (χ0n) is 7.25. The average Bonchev–Trinajstić information content (AvgIpc) is 2.18. The van der Waals surface area contributed by atoms with E-state index in [-0.39, 0.29) is 0 Å². The summed E-state index contributed by atoms with van der Waals surface area (Å²) < 4.78 is 23.6. The van der Waals surface area contributed by atoms with Crippen molar-refractivity contribution in [1.29, 1.82) is 0 Å². The van der Waals surface area contributed by atoms with Crippen LogP contribution in [0.15, 0.2) is 30.3 Å². The van der Waals surface area contributed by atoms with Gasteiger partial charge in [0.25, 0.3) is 0 Å². The molecule has 2 N–H and O–H groups in total. The van der Waals surface area contributed by atoms with Crippen molar-refractivity contribution in [2.45, 2.75) is 4.46 Å². The zero-order valence-corrected chi connectivity index (χ0v) is 10.4. The van der Waals surface area contributed by atoms with Crippen molar-refractivity contribution in [2.75, 3.05) is 0 Å². The first kappa shape index (κ1) is 13.1. The molecule has 1 rings (SSSR count). The highest BCUT2D eigenvalue weighted by Crippen LogP contribution is 2.31. The maximum atomic E-state index is 12.0. The van der Waals surface area contributed by atoms with E-state index in [2.05, 4.69) is 15.9 Å². The average molecular weight is 289 g/mol. The second-order valence-corrected chi connectivity index (χ2v) is 6.72. The first-order chi connectivity index (χ1) is 6.87. The van der Waals surface area contributed by atoms with Gasteiger partial charge in [-0.3, -0.25) is 0 Å². The van der Waals surface area contributed by atoms with Crippen LogP contribution < -0.4 is 9.67 Å². The Labute approximate surface area is 102 Å². The maximum Gasteiger partial charge on any atom is 0.206 e. The van der Waals surface area contributed by atoms with E-state index in [0.29, 0.717) is 5.56 Å². The van der Waals surface area contributed by atoms with Crippen molar-refractivity contribution in [1.82, 2.24) is 9.67 Å². The van der Waals surface area contributed by atoms with Gasteiger partial charge in [-0.05, 0) is 0 Å². The van der Waals surface area contributed by atoms with Crippen molar-refractivity contribution in [3.05, 3.63) is 35.9 Å². The summed E-state index contributed by atoms with van der Waals surface area (Å²) in [5.41, 5.74) is 0.418. The third kappa shape index (κ3) is 3.82. The molecule has 0 radical (unpaired) electrons. The van der Waals surface area contributed by atoms with E-state index in [1.165, 1.54) is 0 Å². The molecule has 0 saturated carbocycles. The molecular formula is C7H7Cl2FN2OS2. The Morgan fingerprint density at radius 3 is 2.33 bits per heavy atom. The summed E-state index contributed by atoms with van der Waals surface area (Å²) in [4.78, 5) is 0.930. The fraction of sp³-hybridized carbons (Fsp3) is 0.143. The van der Waals surface area contributed by atoms with Crippen LogP contribution in [0.25, 0.3) is 0 Å². The van der Waals surface area contributed by atoms with Crippen molar-refractivity contribution >= 4 is 43.3 Å². The van der Waals surface area contributed by atoms with Gasteiger partial charge in [0.1, 0.15) is 0 Å². The van der Waals surface area contributed by atoms with Crippen LogP contribution in [0.4, 0.5) is 4.48 Å². The monoisotopic (exact) mass is 288 g/mol. The molecule has 0 fully saturated rings. The minimum absolute atomic E-state index is 0.418. The standard InChI is InChI=1S/C7H7Cl2FN2OS2/c8-7(9,11-15(13,14)12-10)6-4-2-1-3-5-6/h1-5,11-12H. The summed E-state index contributed by atoms with van der Waals surface area (Å²) >= 11 is 16.0. The molecule has 1 unspecified atom stereocenters. The van der Waals surface area contributed by atoms with Gasteiger partial charge in [-0.15, -0.1) is 4.48 Å². The highest BCUT2D eigenvalue weighted by molar-refractivity contribution is 8.30. The van der Waals surface area contributed by atoms with Gasteiger partial charge in [0, 0.05) is 16.8 Å². The number of benzene rings is 1. The SMILES string of the molecule is O=S(=S)(NF)NC(Cl)(Cl)c1ccccc1. The Morgan fingerprint density at radius 2 is 1.87 bits per heavy atom. The number of halogens is 3. The molecule has 1 atom stereocenters. The van der Waals surface area contributed by atoms with Crippen LogP contribution in [-0.2, 0) is 24.5 Å². The van der Waals surface area contributed by atoms with Gasteiger partial charge in [-0.25, -0.2) is 4.21 Å². The fourth-order valence-corrected chi connectivity index (χ4v) is 2.94. The maximum absolute atomic E-state index is 12.0. The minimum atomic E-state index is -3.52. The molecule has 0 saturated heterocycles. The molecule has 84 valence electrons. The summed E-state index contributed by atoms with van der Waals surface area (Å²) in [6, 6.07) is 8.31. The van der Waals surface area contributed by atoms with Gasteiger partial charge in [0.15, 0.2) is 8.86 Å². The van der Waals surface area contributed by atoms with Crippen LogP contribution in [0.3, 0.4) is 0 Å². The quantitative estimate of drug-likeness (QED) is 0.505. The van der Waals surface area contributed by atoms with Crippen LogP contribution in [-0.4, -0.2) is 4.21 Å². The Hall–Kier alpha value is 0.0200. The van der Waals surface area contributed by atoms with Gasteiger partial charge in [-0.2, -0.15) is 4.72 Å². The molecule has 1 aromatic rings. The first-order valence-electron chi connectivity index (χ1n) is 3.72. The third-order valence-corrected chi connectivity index (χ3v) is 3.57. The summed E-state index contributed by atoms with van der Waals surface area (Å²) in [6.07, 6.45) is 0. The lowest BCUT2D eigenvalue weighted by Gasteiger charge is -2.21. The summed E-state index contributed by atoms with van der Waals surface area (Å²) in [5, 5.41) is 0. The van der Waals surface area contributed by atoms with Crippen molar-refractivity contribution in [3.63, 3.8) is 0 Å². The smallest absolute Gasteiger partial charge is 0.206 e. The number of alkyl halides is 2. The molecule has 0 spiro atoms. The lowest BCUT2D eigenvalue weighted by atomic mass is 10.2. The summed E-state index contributed by atoms with van der Waals surface area (Å²) in [6.45, 7) is 0. The van der Waals surface area contributed by atoms with Crippen LogP contribution in [0.5, 0.6) is 0 Å². The van der Waals surface area contributed by atoms with Gasteiger partial charge in [0.2, 0.25) is 4.46 Å². The van der Waals surface area contributed by atoms with Crippen LogP contribution in [0.1, 0.15) is 5.56 Å².